The Bertz CT molecular complexity index is 897. The number of carboxylic acids is 1. The van der Waals surface area contributed by atoms with Crippen LogP contribution in [0.15, 0.2) is 42.5 Å². The second-order valence-electron chi connectivity index (χ2n) is 5.81. The van der Waals surface area contributed by atoms with Crippen LogP contribution in [0.3, 0.4) is 0 Å². The second-order valence-corrected chi connectivity index (χ2v) is 5.81. The largest absolute Gasteiger partial charge is 0.586 e. The highest BCUT2D eigenvalue weighted by Crippen LogP contribution is 2.43. The Morgan fingerprint density at radius 1 is 1.22 bits per heavy atom. The van der Waals surface area contributed by atoms with Crippen molar-refractivity contribution in [1.29, 1.82) is 0 Å². The van der Waals surface area contributed by atoms with Crippen LogP contribution in [-0.2, 0) is 11.4 Å². The molecular formula is C20H16F2O5. The monoisotopic (exact) mass is 374 g/mol. The van der Waals surface area contributed by atoms with E-state index in [1.165, 1.54) is 6.07 Å². The average Bonchev–Trinajstić information content (AvgIpc) is 2.94. The number of carbonyl (C=O) groups is 1. The van der Waals surface area contributed by atoms with Crippen molar-refractivity contribution in [3.8, 4) is 29.1 Å². The standard InChI is InChI=1S/C20H16F2O5/c1-2-4-14(11-18(23)24)13-7-9-16(10-8-13)25-12-15-5-3-6-17-19(15)27-20(21,22)26-17/h3,5-10,14H,11-12H2,1H3,(H,23,24). The summed E-state index contributed by atoms with van der Waals surface area (Å²) in [6, 6.07) is 11.4. The molecule has 2 aromatic rings. The summed E-state index contributed by atoms with van der Waals surface area (Å²) >= 11 is 0. The van der Waals surface area contributed by atoms with Crippen molar-refractivity contribution in [2.24, 2.45) is 0 Å². The number of ether oxygens (including phenoxy) is 3. The number of hydrogen-bond acceptors (Lipinski definition) is 4. The Hall–Kier alpha value is -3.27. The Morgan fingerprint density at radius 2 is 1.96 bits per heavy atom. The Morgan fingerprint density at radius 3 is 2.63 bits per heavy atom. The van der Waals surface area contributed by atoms with Gasteiger partial charge in [0.15, 0.2) is 11.5 Å². The number of aliphatic carboxylic acids is 1. The molecule has 1 atom stereocenters. The van der Waals surface area contributed by atoms with Gasteiger partial charge in [-0.05, 0) is 30.7 Å². The van der Waals surface area contributed by atoms with Crippen LogP contribution in [-0.4, -0.2) is 17.4 Å². The predicted molar refractivity (Wildman–Crippen MR) is 91.9 cm³/mol. The van der Waals surface area contributed by atoms with E-state index >= 15 is 0 Å². The third kappa shape index (κ3) is 4.47. The lowest BCUT2D eigenvalue weighted by atomic mass is 9.96. The zero-order valence-corrected chi connectivity index (χ0v) is 14.4. The van der Waals surface area contributed by atoms with Crippen molar-refractivity contribution in [3.05, 3.63) is 53.6 Å². The van der Waals surface area contributed by atoms with E-state index in [-0.39, 0.29) is 24.5 Å². The maximum Gasteiger partial charge on any atom is 0.586 e. The lowest BCUT2D eigenvalue weighted by Gasteiger charge is -2.11. The van der Waals surface area contributed by atoms with E-state index in [2.05, 4.69) is 21.3 Å². The van der Waals surface area contributed by atoms with Gasteiger partial charge in [0, 0.05) is 5.56 Å². The van der Waals surface area contributed by atoms with Gasteiger partial charge in [-0.15, -0.1) is 14.7 Å². The number of rotatable bonds is 6. The fourth-order valence-corrected chi connectivity index (χ4v) is 2.70. The lowest BCUT2D eigenvalue weighted by molar-refractivity contribution is -0.287. The van der Waals surface area contributed by atoms with Crippen LogP contribution < -0.4 is 14.2 Å². The number of carboxylic acid groups (broad SMARTS) is 1. The van der Waals surface area contributed by atoms with Crippen LogP contribution in [0.4, 0.5) is 8.78 Å². The van der Waals surface area contributed by atoms with E-state index in [0.717, 1.165) is 5.56 Å². The first-order chi connectivity index (χ1) is 12.9. The summed E-state index contributed by atoms with van der Waals surface area (Å²) in [5.41, 5.74) is 1.19. The molecule has 5 nitrogen and oxygen atoms in total. The van der Waals surface area contributed by atoms with Crippen molar-refractivity contribution in [1.82, 2.24) is 0 Å². The molecule has 1 aliphatic rings. The number of alkyl halides is 2. The van der Waals surface area contributed by atoms with Gasteiger partial charge in [0.2, 0.25) is 0 Å². The van der Waals surface area contributed by atoms with Crippen LogP contribution in [0, 0.1) is 11.8 Å². The Labute approximate surface area is 154 Å². The highest BCUT2D eigenvalue weighted by molar-refractivity contribution is 5.69. The van der Waals surface area contributed by atoms with Gasteiger partial charge in [-0.1, -0.05) is 30.2 Å². The summed E-state index contributed by atoms with van der Waals surface area (Å²) in [5, 5.41) is 8.98. The molecule has 0 aliphatic carbocycles. The fourth-order valence-electron chi connectivity index (χ4n) is 2.70. The summed E-state index contributed by atoms with van der Waals surface area (Å²) in [6.45, 7) is 1.66. The molecule has 27 heavy (non-hydrogen) atoms. The molecule has 140 valence electrons. The Kier molecular flexibility index (Phi) is 5.17. The summed E-state index contributed by atoms with van der Waals surface area (Å²) in [7, 11) is 0. The van der Waals surface area contributed by atoms with Crippen molar-refractivity contribution in [2.75, 3.05) is 0 Å². The van der Waals surface area contributed by atoms with Crippen LogP contribution in [0.2, 0.25) is 0 Å². The molecule has 0 fully saturated rings. The number of benzene rings is 2. The van der Waals surface area contributed by atoms with Gasteiger partial charge in [0.1, 0.15) is 12.4 Å². The molecule has 1 heterocycles. The normalized spacial score (nSPS) is 14.8. The number of fused-ring (bicyclic) bond motifs is 1. The lowest BCUT2D eigenvalue weighted by Crippen LogP contribution is -2.26. The van der Waals surface area contributed by atoms with E-state index in [4.69, 9.17) is 9.84 Å². The van der Waals surface area contributed by atoms with Gasteiger partial charge in [-0.2, -0.15) is 0 Å². The van der Waals surface area contributed by atoms with Crippen LogP contribution in [0.1, 0.15) is 30.4 Å². The van der Waals surface area contributed by atoms with E-state index in [0.29, 0.717) is 11.3 Å². The molecule has 1 aliphatic heterocycles. The maximum absolute atomic E-state index is 13.2. The SMILES string of the molecule is CC#CC(CC(=O)O)c1ccc(OCc2cccc3c2OC(F)(F)O3)cc1. The molecule has 1 N–H and O–H groups in total. The number of para-hydroxylation sites is 1. The predicted octanol–water partition coefficient (Wildman–Crippen LogP) is 4.17. The highest BCUT2D eigenvalue weighted by atomic mass is 19.3. The van der Waals surface area contributed by atoms with E-state index < -0.39 is 18.2 Å². The molecule has 2 aromatic carbocycles. The van der Waals surface area contributed by atoms with Crippen LogP contribution in [0.25, 0.3) is 0 Å². The average molecular weight is 374 g/mol. The first kappa shape index (κ1) is 18.5. The zero-order chi connectivity index (χ0) is 19.4. The third-order valence-electron chi connectivity index (χ3n) is 3.88. The van der Waals surface area contributed by atoms with E-state index in [1.54, 1.807) is 43.3 Å². The minimum atomic E-state index is -3.68. The molecule has 0 bridgehead atoms. The van der Waals surface area contributed by atoms with E-state index in [9.17, 15) is 13.6 Å². The topological polar surface area (TPSA) is 65.0 Å². The fraction of sp³-hybridized carbons (Fsp3) is 0.250. The van der Waals surface area contributed by atoms with Gasteiger partial charge in [0.25, 0.3) is 0 Å². The van der Waals surface area contributed by atoms with Crippen molar-refractivity contribution >= 4 is 5.97 Å². The molecule has 0 amide bonds. The highest BCUT2D eigenvalue weighted by Gasteiger charge is 2.44. The van der Waals surface area contributed by atoms with E-state index in [1.807, 2.05) is 0 Å². The molecule has 0 aromatic heterocycles. The Balaban J connectivity index is 1.69. The first-order valence-electron chi connectivity index (χ1n) is 8.12. The molecule has 7 heteroatoms. The quantitative estimate of drug-likeness (QED) is 0.769. The summed E-state index contributed by atoms with van der Waals surface area (Å²) in [6.07, 6.45) is -3.78. The van der Waals surface area contributed by atoms with Gasteiger partial charge in [-0.3, -0.25) is 4.79 Å². The summed E-state index contributed by atoms with van der Waals surface area (Å²) in [4.78, 5) is 11.0. The second kappa shape index (κ2) is 7.54. The molecule has 1 unspecified atom stereocenters. The molecule has 0 saturated heterocycles. The minimum absolute atomic E-state index is 0.00921. The van der Waals surface area contributed by atoms with Crippen molar-refractivity contribution < 1.29 is 32.9 Å². The molecule has 0 spiro atoms. The van der Waals surface area contributed by atoms with Crippen molar-refractivity contribution in [2.45, 2.75) is 32.2 Å². The number of hydrogen-bond donors (Lipinski definition) is 1. The number of halogens is 2. The van der Waals surface area contributed by atoms with Crippen LogP contribution in [0.5, 0.6) is 17.2 Å². The molecular weight excluding hydrogens is 358 g/mol. The first-order valence-corrected chi connectivity index (χ1v) is 8.12. The maximum atomic E-state index is 13.2. The van der Waals surface area contributed by atoms with Crippen molar-refractivity contribution in [3.63, 3.8) is 0 Å². The molecule has 0 saturated carbocycles. The molecule has 0 radical (unpaired) electrons. The van der Waals surface area contributed by atoms with Crippen LogP contribution >= 0.6 is 0 Å². The van der Waals surface area contributed by atoms with Gasteiger partial charge >= 0.3 is 12.3 Å². The third-order valence-corrected chi connectivity index (χ3v) is 3.88. The summed E-state index contributed by atoms with van der Waals surface area (Å²) in [5.74, 6) is 4.68. The summed E-state index contributed by atoms with van der Waals surface area (Å²) < 4.78 is 41.0. The van der Waals surface area contributed by atoms with Gasteiger partial charge < -0.3 is 19.3 Å². The smallest absolute Gasteiger partial charge is 0.489 e. The molecule has 3 rings (SSSR count). The minimum Gasteiger partial charge on any atom is -0.489 e. The zero-order valence-electron chi connectivity index (χ0n) is 14.4. The van der Waals surface area contributed by atoms with Gasteiger partial charge in [0.05, 0.1) is 12.3 Å². The van der Waals surface area contributed by atoms with Gasteiger partial charge in [-0.25, -0.2) is 0 Å².